The fourth-order valence-corrected chi connectivity index (χ4v) is 2.47. The molecule has 4 nitrogen and oxygen atoms in total. The number of benzene rings is 1. The van der Waals surface area contributed by atoms with Crippen molar-refractivity contribution in [2.75, 3.05) is 6.61 Å². The first-order valence-corrected chi connectivity index (χ1v) is 7.70. The molecule has 2 aromatic rings. The van der Waals surface area contributed by atoms with Crippen LogP contribution in [0.15, 0.2) is 41.5 Å². The van der Waals surface area contributed by atoms with Crippen LogP contribution in [0.3, 0.4) is 0 Å². The van der Waals surface area contributed by atoms with Crippen LogP contribution in [0.25, 0.3) is 0 Å². The van der Waals surface area contributed by atoms with Gasteiger partial charge < -0.3 is 4.74 Å². The molecule has 0 spiro atoms. The lowest BCUT2D eigenvalue weighted by Gasteiger charge is -2.05. The number of carbonyl (C=O) groups excluding carboxylic acids is 1. The van der Waals surface area contributed by atoms with E-state index in [1.807, 2.05) is 13.0 Å². The third-order valence-corrected chi connectivity index (χ3v) is 3.71. The van der Waals surface area contributed by atoms with E-state index in [4.69, 9.17) is 16.3 Å². The maximum atomic E-state index is 11.9. The lowest BCUT2D eigenvalue weighted by Crippen LogP contribution is -2.17. The van der Waals surface area contributed by atoms with Crippen LogP contribution in [0.2, 0.25) is 4.34 Å². The molecule has 0 unspecified atom stereocenters. The first-order chi connectivity index (χ1) is 10.2. The predicted octanol–water partition coefficient (Wildman–Crippen LogP) is 3.95. The number of hydrazone groups is 1. The molecule has 0 saturated heterocycles. The lowest BCUT2D eigenvalue weighted by atomic mass is 10.2. The molecule has 1 aromatic carbocycles. The van der Waals surface area contributed by atoms with Gasteiger partial charge in [-0.1, -0.05) is 18.5 Å². The van der Waals surface area contributed by atoms with E-state index in [0.717, 1.165) is 17.0 Å². The Hall–Kier alpha value is -1.85. The number of amides is 1. The van der Waals surface area contributed by atoms with Gasteiger partial charge in [0.2, 0.25) is 0 Å². The molecular formula is C15H15ClN2O2S. The van der Waals surface area contributed by atoms with Gasteiger partial charge in [0, 0.05) is 10.4 Å². The van der Waals surface area contributed by atoms with Crippen molar-refractivity contribution in [3.63, 3.8) is 0 Å². The van der Waals surface area contributed by atoms with E-state index in [1.165, 1.54) is 11.3 Å². The molecule has 0 aliphatic rings. The summed E-state index contributed by atoms with van der Waals surface area (Å²) < 4.78 is 6.14. The van der Waals surface area contributed by atoms with Gasteiger partial charge in [0.25, 0.3) is 5.91 Å². The molecule has 1 heterocycles. The van der Waals surface area contributed by atoms with Crippen molar-refractivity contribution in [3.8, 4) is 5.75 Å². The quantitative estimate of drug-likeness (QED) is 0.646. The van der Waals surface area contributed by atoms with Crippen LogP contribution < -0.4 is 10.2 Å². The number of hydrogen-bond donors (Lipinski definition) is 1. The number of ether oxygens (including phenoxy) is 1. The number of thiophene rings is 1. The number of rotatable bonds is 6. The Balaban J connectivity index is 1.89. The van der Waals surface area contributed by atoms with Crippen molar-refractivity contribution in [3.05, 3.63) is 51.2 Å². The average Bonchev–Trinajstić information content (AvgIpc) is 2.91. The van der Waals surface area contributed by atoms with Crippen molar-refractivity contribution in [2.24, 2.45) is 5.10 Å². The normalized spacial score (nSPS) is 10.8. The van der Waals surface area contributed by atoms with Gasteiger partial charge in [-0.2, -0.15) is 5.10 Å². The van der Waals surface area contributed by atoms with Crippen LogP contribution in [0, 0.1) is 0 Å². The van der Waals surface area contributed by atoms with Crippen LogP contribution in [0.1, 0.15) is 28.6 Å². The third-order valence-electron chi connectivity index (χ3n) is 2.54. The second-order valence-corrected chi connectivity index (χ2v) is 5.96. The summed E-state index contributed by atoms with van der Waals surface area (Å²) in [7, 11) is 0. The van der Waals surface area contributed by atoms with Gasteiger partial charge in [0.15, 0.2) is 0 Å². The highest BCUT2D eigenvalue weighted by Gasteiger charge is 2.04. The van der Waals surface area contributed by atoms with Crippen LogP contribution in [0.5, 0.6) is 5.75 Å². The van der Waals surface area contributed by atoms with Crippen molar-refractivity contribution >= 4 is 35.1 Å². The average molecular weight is 323 g/mol. The van der Waals surface area contributed by atoms with E-state index in [2.05, 4.69) is 10.5 Å². The molecule has 2 rings (SSSR count). The predicted molar refractivity (Wildman–Crippen MR) is 86.6 cm³/mol. The third kappa shape index (κ3) is 4.88. The number of nitrogens with one attached hydrogen (secondary N) is 1. The van der Waals surface area contributed by atoms with Gasteiger partial charge >= 0.3 is 0 Å². The first kappa shape index (κ1) is 15.5. The van der Waals surface area contributed by atoms with E-state index in [9.17, 15) is 4.79 Å². The van der Waals surface area contributed by atoms with Crippen LogP contribution in [-0.2, 0) is 0 Å². The molecule has 0 fully saturated rings. The van der Waals surface area contributed by atoms with E-state index in [-0.39, 0.29) is 5.91 Å². The van der Waals surface area contributed by atoms with Gasteiger partial charge in [-0.25, -0.2) is 5.43 Å². The van der Waals surface area contributed by atoms with E-state index in [0.29, 0.717) is 16.5 Å². The summed E-state index contributed by atoms with van der Waals surface area (Å²) in [5.41, 5.74) is 3.00. The number of carbonyl (C=O) groups is 1. The molecule has 1 amide bonds. The molecule has 0 aliphatic heterocycles. The number of hydrogen-bond acceptors (Lipinski definition) is 4. The van der Waals surface area contributed by atoms with Gasteiger partial charge in [-0.15, -0.1) is 11.3 Å². The smallest absolute Gasteiger partial charge is 0.271 e. The molecule has 0 aliphatic carbocycles. The Labute approximate surface area is 132 Å². The SMILES string of the molecule is CCCOc1ccc(C(=O)N/N=C\c2ccc(Cl)s2)cc1. The molecule has 1 N–H and O–H groups in total. The van der Waals surface area contributed by atoms with E-state index >= 15 is 0 Å². The zero-order valence-corrected chi connectivity index (χ0v) is 13.1. The molecule has 110 valence electrons. The molecule has 0 saturated carbocycles. The van der Waals surface area contributed by atoms with Gasteiger partial charge in [0.05, 0.1) is 17.2 Å². The summed E-state index contributed by atoms with van der Waals surface area (Å²) in [6.45, 7) is 2.71. The molecule has 6 heteroatoms. The van der Waals surface area contributed by atoms with Crippen LogP contribution >= 0.6 is 22.9 Å². The summed E-state index contributed by atoms with van der Waals surface area (Å²) in [6.07, 6.45) is 2.51. The summed E-state index contributed by atoms with van der Waals surface area (Å²) in [4.78, 5) is 12.8. The minimum atomic E-state index is -0.268. The zero-order chi connectivity index (χ0) is 15.1. The minimum Gasteiger partial charge on any atom is -0.494 e. The monoisotopic (exact) mass is 322 g/mol. The largest absolute Gasteiger partial charge is 0.494 e. The molecule has 0 radical (unpaired) electrons. The van der Waals surface area contributed by atoms with Crippen LogP contribution in [0.4, 0.5) is 0 Å². The Bertz CT molecular complexity index is 623. The molecular weight excluding hydrogens is 308 g/mol. The van der Waals surface area contributed by atoms with Crippen molar-refractivity contribution in [1.29, 1.82) is 0 Å². The van der Waals surface area contributed by atoms with Gasteiger partial charge in [-0.05, 0) is 42.8 Å². The van der Waals surface area contributed by atoms with Gasteiger partial charge in [0.1, 0.15) is 5.75 Å². The minimum absolute atomic E-state index is 0.268. The Morgan fingerprint density at radius 2 is 2.10 bits per heavy atom. The first-order valence-electron chi connectivity index (χ1n) is 6.50. The second-order valence-electron chi connectivity index (χ2n) is 4.21. The highest BCUT2D eigenvalue weighted by molar-refractivity contribution is 7.17. The Morgan fingerprint density at radius 1 is 1.33 bits per heavy atom. The van der Waals surface area contributed by atoms with Crippen molar-refractivity contribution < 1.29 is 9.53 Å². The maximum absolute atomic E-state index is 11.9. The standard InChI is InChI=1S/C15H15ClN2O2S/c1-2-9-20-12-5-3-11(4-6-12)15(19)18-17-10-13-7-8-14(16)21-13/h3-8,10H,2,9H2,1H3,(H,18,19)/b17-10-. The summed E-state index contributed by atoms with van der Waals surface area (Å²) >= 11 is 7.20. The summed E-state index contributed by atoms with van der Waals surface area (Å²) in [5.74, 6) is 0.487. The highest BCUT2D eigenvalue weighted by Crippen LogP contribution is 2.19. The van der Waals surface area contributed by atoms with Crippen molar-refractivity contribution in [1.82, 2.24) is 5.43 Å². The highest BCUT2D eigenvalue weighted by atomic mass is 35.5. The summed E-state index contributed by atoms with van der Waals surface area (Å²) in [6, 6.07) is 10.6. The van der Waals surface area contributed by atoms with Crippen LogP contribution in [-0.4, -0.2) is 18.7 Å². The maximum Gasteiger partial charge on any atom is 0.271 e. The molecule has 0 bridgehead atoms. The number of nitrogens with zero attached hydrogens (tertiary/aromatic N) is 1. The Kier molecular flexibility index (Phi) is 5.78. The topological polar surface area (TPSA) is 50.7 Å². The van der Waals surface area contributed by atoms with Crippen molar-refractivity contribution in [2.45, 2.75) is 13.3 Å². The molecule has 0 atom stereocenters. The summed E-state index contributed by atoms with van der Waals surface area (Å²) in [5, 5.41) is 3.90. The van der Waals surface area contributed by atoms with Gasteiger partial charge in [-0.3, -0.25) is 4.79 Å². The molecule has 1 aromatic heterocycles. The zero-order valence-electron chi connectivity index (χ0n) is 11.5. The fraction of sp³-hybridized carbons (Fsp3) is 0.200. The Morgan fingerprint density at radius 3 is 2.71 bits per heavy atom. The van der Waals surface area contributed by atoms with E-state index in [1.54, 1.807) is 36.5 Å². The lowest BCUT2D eigenvalue weighted by molar-refractivity contribution is 0.0955. The van der Waals surface area contributed by atoms with E-state index < -0.39 is 0 Å². The number of halogens is 1. The second kappa shape index (κ2) is 7.81. The molecule has 21 heavy (non-hydrogen) atoms. The fourth-order valence-electron chi connectivity index (χ4n) is 1.54.